The lowest BCUT2D eigenvalue weighted by atomic mass is 10.2. The predicted octanol–water partition coefficient (Wildman–Crippen LogP) is 2.63. The zero-order valence-corrected chi connectivity index (χ0v) is 7.38. The molecule has 0 unspecified atom stereocenters. The molecule has 0 aliphatic heterocycles. The third-order valence-electron chi connectivity index (χ3n) is 1.38. The zero-order chi connectivity index (χ0) is 8.81. The Balaban J connectivity index is 2.27. The van der Waals surface area contributed by atoms with E-state index in [1.165, 1.54) is 0 Å². The van der Waals surface area contributed by atoms with Gasteiger partial charge in [-0.3, -0.25) is 4.79 Å². The van der Waals surface area contributed by atoms with Crippen LogP contribution in [0.1, 0.15) is 18.4 Å². The van der Waals surface area contributed by atoms with Gasteiger partial charge < -0.3 is 5.11 Å². The minimum absolute atomic E-state index is 0.209. The topological polar surface area (TPSA) is 37.3 Å². The summed E-state index contributed by atoms with van der Waals surface area (Å²) in [4.78, 5) is 10.1. The monoisotopic (exact) mass is 182 g/mol. The summed E-state index contributed by atoms with van der Waals surface area (Å²) in [5.74, 6) is -0.745. The summed E-state index contributed by atoms with van der Waals surface area (Å²) in [6, 6.07) is 2.00. The Morgan fingerprint density at radius 3 is 3.08 bits per heavy atom. The predicted molar refractivity (Wildman–Crippen MR) is 50.2 cm³/mol. The fourth-order valence-electron chi connectivity index (χ4n) is 0.796. The van der Waals surface area contributed by atoms with Crippen molar-refractivity contribution >= 4 is 23.4 Å². The van der Waals surface area contributed by atoms with E-state index in [9.17, 15) is 4.79 Å². The SMILES string of the molecule is O=C(O)CCC=Cc1ccsc1. The van der Waals surface area contributed by atoms with Crippen LogP contribution in [-0.2, 0) is 4.79 Å². The van der Waals surface area contributed by atoms with Gasteiger partial charge in [0.1, 0.15) is 0 Å². The molecule has 0 atom stereocenters. The van der Waals surface area contributed by atoms with Crippen molar-refractivity contribution in [1.82, 2.24) is 0 Å². The van der Waals surface area contributed by atoms with Gasteiger partial charge in [0, 0.05) is 6.42 Å². The molecule has 1 N–H and O–H groups in total. The second-order valence-electron chi connectivity index (χ2n) is 2.39. The van der Waals surface area contributed by atoms with E-state index in [2.05, 4.69) is 0 Å². The third-order valence-corrected chi connectivity index (χ3v) is 2.08. The van der Waals surface area contributed by atoms with Gasteiger partial charge in [-0.2, -0.15) is 11.3 Å². The van der Waals surface area contributed by atoms with Crippen LogP contribution in [0.2, 0.25) is 0 Å². The molecule has 0 saturated heterocycles. The van der Waals surface area contributed by atoms with Gasteiger partial charge in [0.2, 0.25) is 0 Å². The number of hydrogen-bond acceptors (Lipinski definition) is 2. The van der Waals surface area contributed by atoms with Crippen LogP contribution in [0.25, 0.3) is 6.08 Å². The van der Waals surface area contributed by atoms with Gasteiger partial charge in [-0.1, -0.05) is 12.2 Å². The molecule has 1 aromatic heterocycles. The average Bonchev–Trinajstić information content (AvgIpc) is 2.49. The quantitative estimate of drug-likeness (QED) is 0.777. The molecule has 2 nitrogen and oxygen atoms in total. The third kappa shape index (κ3) is 3.34. The maximum Gasteiger partial charge on any atom is 0.303 e. The molecule has 1 aromatic rings. The highest BCUT2D eigenvalue weighted by molar-refractivity contribution is 7.08. The van der Waals surface area contributed by atoms with E-state index in [0.29, 0.717) is 6.42 Å². The van der Waals surface area contributed by atoms with Crippen molar-refractivity contribution in [3.05, 3.63) is 28.5 Å². The summed E-state index contributed by atoms with van der Waals surface area (Å²) < 4.78 is 0. The van der Waals surface area contributed by atoms with Crippen LogP contribution in [0, 0.1) is 0 Å². The molecule has 0 fully saturated rings. The van der Waals surface area contributed by atoms with Crippen LogP contribution >= 0.6 is 11.3 Å². The van der Waals surface area contributed by atoms with Gasteiger partial charge in [-0.25, -0.2) is 0 Å². The molecule has 1 rings (SSSR count). The summed E-state index contributed by atoms with van der Waals surface area (Å²) in [6.07, 6.45) is 4.64. The molecular formula is C9H10O2S. The number of rotatable bonds is 4. The van der Waals surface area contributed by atoms with E-state index in [-0.39, 0.29) is 6.42 Å². The van der Waals surface area contributed by atoms with Crippen molar-refractivity contribution in [3.8, 4) is 0 Å². The lowest BCUT2D eigenvalue weighted by molar-refractivity contribution is -0.136. The van der Waals surface area contributed by atoms with Crippen LogP contribution in [0.5, 0.6) is 0 Å². The first kappa shape index (κ1) is 9.00. The molecule has 0 spiro atoms. The first-order chi connectivity index (χ1) is 5.79. The number of carbonyl (C=O) groups is 1. The molecule has 0 radical (unpaired) electrons. The molecule has 0 aromatic carbocycles. The van der Waals surface area contributed by atoms with Gasteiger partial charge in [0.25, 0.3) is 0 Å². The lowest BCUT2D eigenvalue weighted by Gasteiger charge is -1.86. The standard InChI is InChI=1S/C9H10O2S/c10-9(11)4-2-1-3-8-5-6-12-7-8/h1,3,5-7H,2,4H2,(H,10,11). The molecule has 0 bridgehead atoms. The number of thiophene rings is 1. The minimum atomic E-state index is -0.745. The van der Waals surface area contributed by atoms with E-state index < -0.39 is 5.97 Å². The number of allylic oxidation sites excluding steroid dienone is 1. The van der Waals surface area contributed by atoms with Crippen LogP contribution in [0.4, 0.5) is 0 Å². The number of aliphatic carboxylic acids is 1. The van der Waals surface area contributed by atoms with Crippen LogP contribution in [-0.4, -0.2) is 11.1 Å². The lowest BCUT2D eigenvalue weighted by Crippen LogP contribution is -1.91. The Morgan fingerprint density at radius 1 is 1.67 bits per heavy atom. The van der Waals surface area contributed by atoms with E-state index in [1.54, 1.807) is 11.3 Å². The number of carboxylic acids is 1. The van der Waals surface area contributed by atoms with Crippen molar-refractivity contribution in [2.75, 3.05) is 0 Å². The Kier molecular flexibility index (Phi) is 3.54. The normalized spacial score (nSPS) is 10.7. The highest BCUT2D eigenvalue weighted by atomic mass is 32.1. The van der Waals surface area contributed by atoms with E-state index in [4.69, 9.17) is 5.11 Å². The van der Waals surface area contributed by atoms with Crippen molar-refractivity contribution in [3.63, 3.8) is 0 Å². The number of carboxylic acid groups (broad SMARTS) is 1. The largest absolute Gasteiger partial charge is 0.481 e. The summed E-state index contributed by atoms with van der Waals surface area (Å²) in [5.41, 5.74) is 1.14. The maximum atomic E-state index is 10.1. The summed E-state index contributed by atoms with van der Waals surface area (Å²) in [6.45, 7) is 0. The molecular weight excluding hydrogens is 172 g/mol. The molecule has 12 heavy (non-hydrogen) atoms. The van der Waals surface area contributed by atoms with E-state index in [0.717, 1.165) is 5.56 Å². The van der Waals surface area contributed by atoms with Gasteiger partial charge in [-0.15, -0.1) is 0 Å². The summed E-state index contributed by atoms with van der Waals surface area (Å²) in [7, 11) is 0. The Bertz CT molecular complexity index is 262. The Morgan fingerprint density at radius 2 is 2.50 bits per heavy atom. The highest BCUT2D eigenvalue weighted by Crippen LogP contribution is 2.08. The van der Waals surface area contributed by atoms with Gasteiger partial charge >= 0.3 is 5.97 Å². The molecule has 64 valence electrons. The second-order valence-corrected chi connectivity index (χ2v) is 3.17. The van der Waals surface area contributed by atoms with Crippen molar-refractivity contribution in [1.29, 1.82) is 0 Å². The summed E-state index contributed by atoms with van der Waals surface area (Å²) >= 11 is 1.64. The smallest absolute Gasteiger partial charge is 0.303 e. The maximum absolute atomic E-state index is 10.1. The average molecular weight is 182 g/mol. The van der Waals surface area contributed by atoms with Crippen molar-refractivity contribution in [2.45, 2.75) is 12.8 Å². The second kappa shape index (κ2) is 4.72. The minimum Gasteiger partial charge on any atom is -0.481 e. The van der Waals surface area contributed by atoms with Gasteiger partial charge in [0.15, 0.2) is 0 Å². The molecule has 3 heteroatoms. The zero-order valence-electron chi connectivity index (χ0n) is 6.56. The Labute approximate surface area is 75.2 Å². The molecule has 0 saturated carbocycles. The van der Waals surface area contributed by atoms with Gasteiger partial charge in [-0.05, 0) is 28.8 Å². The molecule has 0 amide bonds. The fourth-order valence-corrected chi connectivity index (χ4v) is 1.42. The van der Waals surface area contributed by atoms with Crippen molar-refractivity contribution in [2.24, 2.45) is 0 Å². The fraction of sp³-hybridized carbons (Fsp3) is 0.222. The van der Waals surface area contributed by atoms with Crippen LogP contribution in [0.15, 0.2) is 22.9 Å². The van der Waals surface area contributed by atoms with Crippen LogP contribution in [0.3, 0.4) is 0 Å². The highest BCUT2D eigenvalue weighted by Gasteiger charge is 1.91. The molecule has 1 heterocycles. The summed E-state index contributed by atoms with van der Waals surface area (Å²) in [5, 5.41) is 12.4. The Hall–Kier alpha value is -1.09. The van der Waals surface area contributed by atoms with E-state index >= 15 is 0 Å². The first-order valence-electron chi connectivity index (χ1n) is 3.69. The van der Waals surface area contributed by atoms with Crippen molar-refractivity contribution < 1.29 is 9.90 Å². The van der Waals surface area contributed by atoms with Gasteiger partial charge in [0.05, 0.1) is 0 Å². The number of hydrogen-bond donors (Lipinski definition) is 1. The first-order valence-corrected chi connectivity index (χ1v) is 4.64. The van der Waals surface area contributed by atoms with Crippen LogP contribution < -0.4 is 0 Å². The molecule has 0 aliphatic carbocycles. The molecule has 0 aliphatic rings. The van der Waals surface area contributed by atoms with E-state index in [1.807, 2.05) is 29.0 Å².